The van der Waals surface area contributed by atoms with Crippen LogP contribution in [0.5, 0.6) is 0 Å². The molecule has 0 saturated carbocycles. The number of carbonyl (C=O) groups is 2. The van der Waals surface area contributed by atoms with Crippen LogP contribution in [0.1, 0.15) is 31.8 Å². The van der Waals surface area contributed by atoms with E-state index in [2.05, 4.69) is 5.32 Å². The summed E-state index contributed by atoms with van der Waals surface area (Å²) in [5.74, 6) is 1.23. The fourth-order valence-electron chi connectivity index (χ4n) is 2.59. The van der Waals surface area contributed by atoms with Crippen molar-refractivity contribution < 1.29 is 18.7 Å². The molecule has 0 bridgehead atoms. The lowest BCUT2D eigenvalue weighted by atomic mass is 10.2. The van der Waals surface area contributed by atoms with Crippen molar-refractivity contribution in [3.05, 3.63) is 29.7 Å². The number of furan rings is 1. The topological polar surface area (TPSA) is 71.8 Å². The van der Waals surface area contributed by atoms with Crippen molar-refractivity contribution in [3.8, 4) is 0 Å². The van der Waals surface area contributed by atoms with Gasteiger partial charge in [0.15, 0.2) is 0 Å². The maximum atomic E-state index is 12.1. The number of morpholine rings is 1. The van der Waals surface area contributed by atoms with Gasteiger partial charge in [-0.15, -0.1) is 0 Å². The minimum atomic E-state index is -0.240. The van der Waals surface area contributed by atoms with Crippen molar-refractivity contribution in [2.24, 2.45) is 0 Å². The van der Waals surface area contributed by atoms with Gasteiger partial charge in [-0.25, -0.2) is 0 Å². The van der Waals surface area contributed by atoms with Crippen molar-refractivity contribution in [2.75, 3.05) is 19.6 Å². The lowest BCUT2D eigenvalue weighted by Crippen LogP contribution is -2.48. The largest absolute Gasteiger partial charge is 0.462 e. The van der Waals surface area contributed by atoms with Crippen molar-refractivity contribution in [2.45, 2.75) is 39.4 Å². The third kappa shape index (κ3) is 5.56. The van der Waals surface area contributed by atoms with E-state index in [9.17, 15) is 9.59 Å². The molecule has 0 aromatic carbocycles. The van der Waals surface area contributed by atoms with E-state index in [-0.39, 0.29) is 24.0 Å². The molecule has 2 rings (SSSR count). The van der Waals surface area contributed by atoms with Gasteiger partial charge >= 0.3 is 0 Å². The average molecular weight is 320 g/mol. The molecule has 2 amide bonds. The summed E-state index contributed by atoms with van der Waals surface area (Å²) in [6.45, 7) is 7.29. The maximum absolute atomic E-state index is 12.1. The predicted molar refractivity (Wildman–Crippen MR) is 86.7 cm³/mol. The Labute approximate surface area is 136 Å². The number of aryl methyl sites for hydroxylation is 1. The van der Waals surface area contributed by atoms with E-state index >= 15 is 0 Å². The van der Waals surface area contributed by atoms with Gasteiger partial charge in [-0.2, -0.15) is 0 Å². The molecule has 0 radical (unpaired) electrons. The van der Waals surface area contributed by atoms with E-state index in [1.807, 2.05) is 26.8 Å². The van der Waals surface area contributed by atoms with Gasteiger partial charge < -0.3 is 19.4 Å². The van der Waals surface area contributed by atoms with Crippen LogP contribution in [-0.4, -0.2) is 48.6 Å². The van der Waals surface area contributed by atoms with Crippen LogP contribution in [0.25, 0.3) is 6.08 Å². The first-order valence-corrected chi connectivity index (χ1v) is 7.89. The number of amides is 2. The van der Waals surface area contributed by atoms with Crippen LogP contribution < -0.4 is 5.32 Å². The van der Waals surface area contributed by atoms with Crippen LogP contribution in [0.2, 0.25) is 0 Å². The predicted octanol–water partition coefficient (Wildman–Crippen LogP) is 1.74. The molecule has 1 saturated heterocycles. The fraction of sp³-hybridized carbons (Fsp3) is 0.529. The Morgan fingerprint density at radius 2 is 2.00 bits per heavy atom. The first-order valence-electron chi connectivity index (χ1n) is 7.89. The summed E-state index contributed by atoms with van der Waals surface area (Å²) in [4.78, 5) is 25.6. The maximum Gasteiger partial charge on any atom is 0.244 e. The van der Waals surface area contributed by atoms with Crippen molar-refractivity contribution in [1.29, 1.82) is 0 Å². The fourth-order valence-corrected chi connectivity index (χ4v) is 2.59. The van der Waals surface area contributed by atoms with E-state index in [4.69, 9.17) is 9.15 Å². The van der Waals surface area contributed by atoms with Gasteiger partial charge in [-0.1, -0.05) is 0 Å². The van der Waals surface area contributed by atoms with Crippen LogP contribution >= 0.6 is 0 Å². The van der Waals surface area contributed by atoms with E-state index in [0.717, 1.165) is 5.76 Å². The lowest BCUT2D eigenvalue weighted by Gasteiger charge is -2.35. The van der Waals surface area contributed by atoms with Gasteiger partial charge in [0.05, 0.1) is 12.2 Å². The molecule has 0 spiro atoms. The highest BCUT2D eigenvalue weighted by atomic mass is 16.5. The Kier molecular flexibility index (Phi) is 5.98. The summed E-state index contributed by atoms with van der Waals surface area (Å²) in [7, 11) is 0. The molecule has 23 heavy (non-hydrogen) atoms. The third-order valence-corrected chi connectivity index (χ3v) is 3.57. The monoisotopic (exact) mass is 320 g/mol. The van der Waals surface area contributed by atoms with Gasteiger partial charge in [0.25, 0.3) is 0 Å². The number of ether oxygens (including phenoxy) is 1. The molecular weight excluding hydrogens is 296 g/mol. The van der Waals surface area contributed by atoms with E-state index in [1.165, 1.54) is 6.08 Å². The Morgan fingerprint density at radius 3 is 2.61 bits per heavy atom. The molecule has 1 aromatic heterocycles. The molecule has 1 N–H and O–H groups in total. The number of carbonyl (C=O) groups excluding carboxylic acids is 2. The average Bonchev–Trinajstić information content (AvgIpc) is 2.89. The van der Waals surface area contributed by atoms with Crippen molar-refractivity contribution in [3.63, 3.8) is 0 Å². The second-order valence-electron chi connectivity index (χ2n) is 5.88. The Hall–Kier alpha value is -2.08. The molecule has 1 fully saturated rings. The lowest BCUT2D eigenvalue weighted by molar-refractivity contribution is -0.143. The number of nitrogens with zero attached hydrogens (tertiary/aromatic N) is 1. The molecule has 6 heteroatoms. The molecule has 1 aromatic rings. The summed E-state index contributed by atoms with van der Waals surface area (Å²) < 4.78 is 10.9. The zero-order valence-corrected chi connectivity index (χ0v) is 13.9. The first kappa shape index (κ1) is 17.3. The van der Waals surface area contributed by atoms with Crippen molar-refractivity contribution in [1.82, 2.24) is 10.2 Å². The summed E-state index contributed by atoms with van der Waals surface area (Å²) in [5.41, 5.74) is 0. The minimum absolute atomic E-state index is 0.0398. The third-order valence-electron chi connectivity index (χ3n) is 3.57. The van der Waals surface area contributed by atoms with Gasteiger partial charge in [0.2, 0.25) is 11.8 Å². The van der Waals surface area contributed by atoms with Crippen LogP contribution in [0.15, 0.2) is 22.6 Å². The van der Waals surface area contributed by atoms with Gasteiger partial charge in [-0.05, 0) is 39.0 Å². The first-order chi connectivity index (χ1) is 10.9. The molecular formula is C17H24N2O4. The number of hydrogen-bond donors (Lipinski definition) is 1. The smallest absolute Gasteiger partial charge is 0.244 e. The number of rotatable bonds is 5. The highest BCUT2D eigenvalue weighted by Crippen LogP contribution is 2.11. The SMILES string of the molecule is Cc1ccc(C=CC(=O)NCCC(=O)N2CC(C)OC(C)C2)o1. The molecule has 0 aliphatic carbocycles. The zero-order valence-electron chi connectivity index (χ0n) is 13.9. The second kappa shape index (κ2) is 7.97. The minimum Gasteiger partial charge on any atom is -0.462 e. The Balaban J connectivity index is 1.70. The zero-order chi connectivity index (χ0) is 16.8. The molecule has 2 atom stereocenters. The van der Waals surface area contributed by atoms with Crippen molar-refractivity contribution >= 4 is 17.9 Å². The van der Waals surface area contributed by atoms with Gasteiger partial charge in [0.1, 0.15) is 11.5 Å². The molecule has 1 aliphatic heterocycles. The van der Waals surface area contributed by atoms with Gasteiger partial charge in [-0.3, -0.25) is 9.59 Å². The van der Waals surface area contributed by atoms with Crippen LogP contribution in [-0.2, 0) is 14.3 Å². The van der Waals surface area contributed by atoms with Crippen LogP contribution in [0.3, 0.4) is 0 Å². The van der Waals surface area contributed by atoms with Crippen LogP contribution in [0.4, 0.5) is 0 Å². The number of hydrogen-bond acceptors (Lipinski definition) is 4. The highest BCUT2D eigenvalue weighted by Gasteiger charge is 2.25. The quantitative estimate of drug-likeness (QED) is 0.839. The molecule has 1 aliphatic rings. The van der Waals surface area contributed by atoms with E-state index < -0.39 is 0 Å². The second-order valence-corrected chi connectivity index (χ2v) is 5.88. The standard InChI is InChI=1S/C17H24N2O4/c1-12-4-5-15(23-12)6-7-16(20)18-9-8-17(21)19-10-13(2)22-14(3)11-19/h4-7,13-14H,8-11H2,1-3H3,(H,18,20). The Bertz CT molecular complexity index is 569. The molecule has 2 heterocycles. The molecule has 6 nitrogen and oxygen atoms in total. The summed E-state index contributed by atoms with van der Waals surface area (Å²) in [6, 6.07) is 3.63. The molecule has 2 unspecified atom stereocenters. The summed E-state index contributed by atoms with van der Waals surface area (Å²) in [6.07, 6.45) is 3.41. The molecule has 126 valence electrons. The highest BCUT2D eigenvalue weighted by molar-refractivity contribution is 5.91. The summed E-state index contributed by atoms with van der Waals surface area (Å²) in [5, 5.41) is 2.71. The Morgan fingerprint density at radius 1 is 1.30 bits per heavy atom. The normalized spacial score (nSPS) is 21.6. The van der Waals surface area contributed by atoms with Gasteiger partial charge in [0, 0.05) is 32.1 Å². The van der Waals surface area contributed by atoms with Crippen LogP contribution in [0, 0.1) is 6.92 Å². The van der Waals surface area contributed by atoms with E-state index in [0.29, 0.717) is 31.8 Å². The number of nitrogens with one attached hydrogen (secondary N) is 1. The summed E-state index contributed by atoms with van der Waals surface area (Å²) >= 11 is 0. The van der Waals surface area contributed by atoms with E-state index in [1.54, 1.807) is 17.0 Å².